The Labute approximate surface area is 155 Å². The third-order valence-electron chi connectivity index (χ3n) is 3.78. The van der Waals surface area contributed by atoms with Gasteiger partial charge in [0.1, 0.15) is 29.2 Å². The van der Waals surface area contributed by atoms with Crippen LogP contribution in [0.4, 0.5) is 15.9 Å². The van der Waals surface area contributed by atoms with Crippen LogP contribution in [0.1, 0.15) is 27.4 Å². The van der Waals surface area contributed by atoms with E-state index in [4.69, 9.17) is 5.26 Å². The van der Waals surface area contributed by atoms with Gasteiger partial charge < -0.3 is 10.6 Å². The lowest BCUT2D eigenvalue weighted by Gasteiger charge is -2.10. The molecule has 27 heavy (non-hydrogen) atoms. The van der Waals surface area contributed by atoms with Crippen LogP contribution in [-0.4, -0.2) is 15.9 Å². The summed E-state index contributed by atoms with van der Waals surface area (Å²) in [5.74, 6) is 0.0238. The second-order valence-corrected chi connectivity index (χ2v) is 5.74. The molecule has 2 aromatic carbocycles. The van der Waals surface area contributed by atoms with E-state index in [2.05, 4.69) is 20.6 Å². The van der Waals surface area contributed by atoms with Gasteiger partial charge in [0, 0.05) is 18.2 Å². The molecule has 0 fully saturated rings. The normalized spacial score (nSPS) is 10.1. The van der Waals surface area contributed by atoms with Crippen molar-refractivity contribution in [3.05, 3.63) is 83.1 Å². The minimum atomic E-state index is -0.461. The van der Waals surface area contributed by atoms with E-state index in [1.165, 1.54) is 12.1 Å². The number of amides is 1. The Morgan fingerprint density at radius 1 is 1.15 bits per heavy atom. The van der Waals surface area contributed by atoms with Crippen molar-refractivity contribution in [3.63, 3.8) is 0 Å². The number of rotatable bonds is 5. The zero-order valence-corrected chi connectivity index (χ0v) is 14.5. The number of nitrogens with one attached hydrogen (secondary N) is 2. The van der Waals surface area contributed by atoms with Crippen LogP contribution >= 0.6 is 0 Å². The van der Waals surface area contributed by atoms with Crippen molar-refractivity contribution >= 4 is 17.4 Å². The molecule has 1 aromatic heterocycles. The first kappa shape index (κ1) is 18.0. The molecule has 0 saturated carbocycles. The Morgan fingerprint density at radius 2 is 1.89 bits per heavy atom. The third-order valence-corrected chi connectivity index (χ3v) is 3.78. The van der Waals surface area contributed by atoms with Gasteiger partial charge in [-0.2, -0.15) is 5.26 Å². The van der Waals surface area contributed by atoms with E-state index < -0.39 is 5.91 Å². The first-order chi connectivity index (χ1) is 13.1. The average Bonchev–Trinajstić information content (AvgIpc) is 2.67. The topological polar surface area (TPSA) is 90.7 Å². The Bertz CT molecular complexity index is 1030. The number of aromatic nitrogens is 2. The fourth-order valence-corrected chi connectivity index (χ4v) is 2.48. The summed E-state index contributed by atoms with van der Waals surface area (Å²) in [6.45, 7) is 1.88. The standard InChI is InChI=1S/C20H16FN5O/c1-13-24-18(20(27)26-17-9-5-3-6-14(17)11-22)10-19(25-13)23-12-15-7-2-4-8-16(15)21/h2-10H,12H2,1H3,(H,26,27)(H,23,24,25). The van der Waals surface area contributed by atoms with Crippen molar-refractivity contribution in [2.75, 3.05) is 10.6 Å². The van der Waals surface area contributed by atoms with Gasteiger partial charge in [0.15, 0.2) is 0 Å². The molecule has 0 aliphatic carbocycles. The summed E-state index contributed by atoms with van der Waals surface area (Å²) >= 11 is 0. The highest BCUT2D eigenvalue weighted by molar-refractivity contribution is 6.03. The maximum atomic E-state index is 13.7. The second-order valence-electron chi connectivity index (χ2n) is 5.74. The molecule has 0 aliphatic heterocycles. The monoisotopic (exact) mass is 361 g/mol. The molecule has 2 N–H and O–H groups in total. The van der Waals surface area contributed by atoms with Gasteiger partial charge in [-0.05, 0) is 25.1 Å². The SMILES string of the molecule is Cc1nc(NCc2ccccc2F)cc(C(=O)Nc2ccccc2C#N)n1. The first-order valence-electron chi connectivity index (χ1n) is 8.20. The van der Waals surface area contributed by atoms with Gasteiger partial charge in [-0.1, -0.05) is 30.3 Å². The van der Waals surface area contributed by atoms with Crippen LogP contribution in [-0.2, 0) is 6.54 Å². The summed E-state index contributed by atoms with van der Waals surface area (Å²) in [6, 6.07) is 16.6. The number of nitrogens with zero attached hydrogens (tertiary/aromatic N) is 3. The van der Waals surface area contributed by atoms with Crippen molar-refractivity contribution in [1.29, 1.82) is 5.26 Å². The quantitative estimate of drug-likeness (QED) is 0.724. The zero-order chi connectivity index (χ0) is 19.2. The van der Waals surface area contributed by atoms with Crippen LogP contribution < -0.4 is 10.6 Å². The van der Waals surface area contributed by atoms with Gasteiger partial charge in [0.05, 0.1) is 11.3 Å². The van der Waals surface area contributed by atoms with E-state index in [0.29, 0.717) is 28.5 Å². The molecule has 0 spiro atoms. The summed E-state index contributed by atoms with van der Waals surface area (Å²) in [6.07, 6.45) is 0. The largest absolute Gasteiger partial charge is 0.366 e. The third kappa shape index (κ3) is 4.44. The van der Waals surface area contributed by atoms with Crippen LogP contribution in [0.3, 0.4) is 0 Å². The van der Waals surface area contributed by atoms with E-state index in [0.717, 1.165) is 0 Å². The number of benzene rings is 2. The van der Waals surface area contributed by atoms with Crippen LogP contribution in [0.2, 0.25) is 0 Å². The molecule has 3 rings (SSSR count). The summed E-state index contributed by atoms with van der Waals surface area (Å²) < 4.78 is 13.7. The van der Waals surface area contributed by atoms with Crippen molar-refractivity contribution in [2.24, 2.45) is 0 Å². The van der Waals surface area contributed by atoms with Gasteiger partial charge in [-0.3, -0.25) is 4.79 Å². The van der Waals surface area contributed by atoms with Gasteiger partial charge in [0.2, 0.25) is 0 Å². The van der Waals surface area contributed by atoms with Gasteiger partial charge in [0.25, 0.3) is 5.91 Å². The lowest BCUT2D eigenvalue weighted by molar-refractivity contribution is 0.102. The van der Waals surface area contributed by atoms with Crippen molar-refractivity contribution in [3.8, 4) is 6.07 Å². The Hall–Kier alpha value is -3.79. The van der Waals surface area contributed by atoms with Crippen LogP contribution in [0, 0.1) is 24.1 Å². The molecule has 6 nitrogen and oxygen atoms in total. The van der Waals surface area contributed by atoms with Crippen molar-refractivity contribution in [1.82, 2.24) is 9.97 Å². The molecular weight excluding hydrogens is 345 g/mol. The number of hydrogen-bond donors (Lipinski definition) is 2. The summed E-state index contributed by atoms with van der Waals surface area (Å²) in [4.78, 5) is 20.9. The van der Waals surface area contributed by atoms with Crippen LogP contribution in [0.5, 0.6) is 0 Å². The predicted molar refractivity (Wildman–Crippen MR) is 99.6 cm³/mol. The van der Waals surface area contributed by atoms with E-state index in [1.807, 2.05) is 6.07 Å². The highest BCUT2D eigenvalue weighted by Crippen LogP contribution is 2.16. The van der Waals surface area contributed by atoms with E-state index >= 15 is 0 Å². The Morgan fingerprint density at radius 3 is 2.67 bits per heavy atom. The molecule has 0 radical (unpaired) electrons. The molecule has 0 atom stereocenters. The van der Waals surface area contributed by atoms with Crippen LogP contribution in [0.25, 0.3) is 0 Å². The number of para-hydroxylation sites is 1. The lowest BCUT2D eigenvalue weighted by Crippen LogP contribution is -2.16. The maximum absolute atomic E-state index is 13.7. The summed E-state index contributed by atoms with van der Waals surface area (Å²) in [5, 5.41) is 14.8. The Kier molecular flexibility index (Phi) is 5.38. The molecule has 0 bridgehead atoms. The molecule has 134 valence electrons. The number of anilines is 2. The molecule has 3 aromatic rings. The van der Waals surface area contributed by atoms with Gasteiger partial charge in [-0.15, -0.1) is 0 Å². The van der Waals surface area contributed by atoms with Crippen LogP contribution in [0.15, 0.2) is 54.6 Å². The fraction of sp³-hybridized carbons (Fsp3) is 0.100. The molecule has 7 heteroatoms. The number of carbonyl (C=O) groups excluding carboxylic acids is 1. The van der Waals surface area contributed by atoms with E-state index in [-0.39, 0.29) is 18.1 Å². The smallest absolute Gasteiger partial charge is 0.274 e. The average molecular weight is 361 g/mol. The molecular formula is C20H16FN5O. The molecule has 1 heterocycles. The number of halogens is 1. The summed E-state index contributed by atoms with van der Waals surface area (Å²) in [5.41, 5.74) is 1.39. The number of hydrogen-bond acceptors (Lipinski definition) is 5. The Balaban J connectivity index is 1.77. The minimum absolute atomic E-state index is 0.145. The van der Waals surface area contributed by atoms with Gasteiger partial charge >= 0.3 is 0 Å². The summed E-state index contributed by atoms with van der Waals surface area (Å²) in [7, 11) is 0. The molecule has 1 amide bonds. The number of aryl methyl sites for hydroxylation is 1. The highest BCUT2D eigenvalue weighted by atomic mass is 19.1. The zero-order valence-electron chi connectivity index (χ0n) is 14.5. The highest BCUT2D eigenvalue weighted by Gasteiger charge is 2.13. The molecule has 0 saturated heterocycles. The number of nitriles is 1. The molecule has 0 aliphatic rings. The lowest BCUT2D eigenvalue weighted by atomic mass is 10.2. The second kappa shape index (κ2) is 8.06. The van der Waals surface area contributed by atoms with E-state index in [1.54, 1.807) is 49.4 Å². The number of carbonyl (C=O) groups is 1. The van der Waals surface area contributed by atoms with E-state index in [9.17, 15) is 9.18 Å². The fourth-order valence-electron chi connectivity index (χ4n) is 2.48. The van der Waals surface area contributed by atoms with Crippen molar-refractivity contribution < 1.29 is 9.18 Å². The van der Waals surface area contributed by atoms with Gasteiger partial charge in [-0.25, -0.2) is 14.4 Å². The predicted octanol–water partition coefficient (Wildman–Crippen LogP) is 3.66. The first-order valence-corrected chi connectivity index (χ1v) is 8.20. The van der Waals surface area contributed by atoms with Crippen molar-refractivity contribution in [2.45, 2.75) is 13.5 Å². The maximum Gasteiger partial charge on any atom is 0.274 e. The molecule has 0 unspecified atom stereocenters. The minimum Gasteiger partial charge on any atom is -0.366 e.